The Bertz CT molecular complexity index is 952. The van der Waals surface area contributed by atoms with Crippen molar-refractivity contribution in [1.82, 2.24) is 19.7 Å². The van der Waals surface area contributed by atoms with Crippen LogP contribution in [0.5, 0.6) is 0 Å². The SMILES string of the molecule is Cn1nc(-c2ccccc2)nc1C(C#N)=Cc1cnc(C(C)(C)C)s1. The molecule has 0 saturated carbocycles. The Morgan fingerprint density at radius 3 is 2.56 bits per heavy atom. The number of thiazole rings is 1. The summed E-state index contributed by atoms with van der Waals surface area (Å²) < 4.78 is 1.64. The number of aromatic nitrogens is 4. The van der Waals surface area contributed by atoms with Crippen molar-refractivity contribution in [3.63, 3.8) is 0 Å². The Balaban J connectivity index is 1.98. The van der Waals surface area contributed by atoms with E-state index in [1.807, 2.05) is 36.4 Å². The van der Waals surface area contributed by atoms with Crippen LogP contribution < -0.4 is 0 Å². The molecule has 3 aromatic rings. The number of rotatable bonds is 3. The van der Waals surface area contributed by atoms with E-state index in [9.17, 15) is 5.26 Å². The molecule has 2 aromatic heterocycles. The lowest BCUT2D eigenvalue weighted by molar-refractivity contribution is 0.585. The van der Waals surface area contributed by atoms with Crippen LogP contribution in [0.3, 0.4) is 0 Å². The molecule has 126 valence electrons. The summed E-state index contributed by atoms with van der Waals surface area (Å²) in [4.78, 5) is 9.95. The van der Waals surface area contributed by atoms with Crippen molar-refractivity contribution >= 4 is 23.0 Å². The first-order valence-corrected chi connectivity index (χ1v) is 8.75. The maximum absolute atomic E-state index is 9.60. The molecule has 0 spiro atoms. The highest BCUT2D eigenvalue weighted by Gasteiger charge is 2.18. The minimum atomic E-state index is -0.00514. The summed E-state index contributed by atoms with van der Waals surface area (Å²) in [5.41, 5.74) is 1.39. The van der Waals surface area contributed by atoms with E-state index in [0.717, 1.165) is 15.4 Å². The molecule has 0 N–H and O–H groups in total. The largest absolute Gasteiger partial charge is 0.248 e. The van der Waals surface area contributed by atoms with Gasteiger partial charge in [-0.05, 0) is 6.08 Å². The molecule has 0 amide bonds. The third-order valence-corrected chi connectivity index (χ3v) is 4.98. The number of nitrogens with zero attached hydrogens (tertiary/aromatic N) is 5. The monoisotopic (exact) mass is 349 g/mol. The van der Waals surface area contributed by atoms with Crippen molar-refractivity contribution < 1.29 is 0 Å². The summed E-state index contributed by atoms with van der Waals surface area (Å²) in [6, 6.07) is 12.0. The molecule has 3 rings (SSSR count). The fourth-order valence-corrected chi connectivity index (χ4v) is 3.23. The number of hydrogen-bond donors (Lipinski definition) is 0. The number of allylic oxidation sites excluding steroid dienone is 1. The molecular formula is C19H19N5S. The van der Waals surface area contributed by atoms with Crippen LogP contribution in [0.1, 0.15) is 36.5 Å². The summed E-state index contributed by atoms with van der Waals surface area (Å²) in [6.45, 7) is 6.37. The second-order valence-corrected chi connectivity index (χ2v) is 7.80. The second kappa shape index (κ2) is 6.61. The summed E-state index contributed by atoms with van der Waals surface area (Å²) in [5, 5.41) is 15.1. The van der Waals surface area contributed by atoms with Crippen LogP contribution >= 0.6 is 11.3 Å². The number of aryl methyl sites for hydroxylation is 1. The fraction of sp³-hybridized carbons (Fsp3) is 0.263. The maximum atomic E-state index is 9.60. The van der Waals surface area contributed by atoms with Crippen LogP contribution in [-0.4, -0.2) is 19.7 Å². The van der Waals surface area contributed by atoms with Gasteiger partial charge in [0.1, 0.15) is 6.07 Å². The minimum Gasteiger partial charge on any atom is -0.248 e. The number of hydrogen-bond acceptors (Lipinski definition) is 5. The van der Waals surface area contributed by atoms with Gasteiger partial charge in [0.15, 0.2) is 11.6 Å². The Labute approximate surface area is 151 Å². The molecule has 0 aliphatic carbocycles. The summed E-state index contributed by atoms with van der Waals surface area (Å²) in [7, 11) is 1.80. The zero-order valence-electron chi connectivity index (χ0n) is 14.7. The summed E-state index contributed by atoms with van der Waals surface area (Å²) >= 11 is 1.59. The molecular weight excluding hydrogens is 330 g/mol. The lowest BCUT2D eigenvalue weighted by atomic mass is 9.98. The van der Waals surface area contributed by atoms with Crippen LogP contribution in [0.25, 0.3) is 23.0 Å². The molecule has 0 radical (unpaired) electrons. The number of nitriles is 1. The molecule has 0 fully saturated rings. The lowest BCUT2D eigenvalue weighted by Crippen LogP contribution is -2.09. The van der Waals surface area contributed by atoms with Crippen LogP contribution in [-0.2, 0) is 12.5 Å². The van der Waals surface area contributed by atoms with Gasteiger partial charge in [-0.2, -0.15) is 10.4 Å². The Hall–Kier alpha value is -2.78. The van der Waals surface area contributed by atoms with E-state index in [2.05, 4.69) is 41.9 Å². The van der Waals surface area contributed by atoms with Gasteiger partial charge in [0, 0.05) is 29.1 Å². The van der Waals surface area contributed by atoms with Gasteiger partial charge in [-0.3, -0.25) is 0 Å². The zero-order chi connectivity index (χ0) is 18.0. The van der Waals surface area contributed by atoms with E-state index in [4.69, 9.17) is 0 Å². The zero-order valence-corrected chi connectivity index (χ0v) is 15.5. The minimum absolute atomic E-state index is 0.00514. The maximum Gasteiger partial charge on any atom is 0.181 e. The Morgan fingerprint density at radius 1 is 1.24 bits per heavy atom. The molecule has 1 aromatic carbocycles. The quantitative estimate of drug-likeness (QED) is 0.661. The van der Waals surface area contributed by atoms with Gasteiger partial charge < -0.3 is 0 Å². The average molecular weight is 349 g/mol. The van der Waals surface area contributed by atoms with Crippen molar-refractivity contribution in [3.05, 3.63) is 52.2 Å². The van der Waals surface area contributed by atoms with Gasteiger partial charge in [0.2, 0.25) is 0 Å². The molecule has 0 unspecified atom stereocenters. The molecule has 2 heterocycles. The normalized spacial score (nSPS) is 12.2. The highest BCUT2D eigenvalue weighted by molar-refractivity contribution is 7.12. The van der Waals surface area contributed by atoms with Crippen LogP contribution in [0.4, 0.5) is 0 Å². The molecule has 5 nitrogen and oxygen atoms in total. The molecule has 0 atom stereocenters. The van der Waals surface area contributed by atoms with Crippen LogP contribution in [0.2, 0.25) is 0 Å². The van der Waals surface area contributed by atoms with Gasteiger partial charge >= 0.3 is 0 Å². The molecule has 0 aliphatic heterocycles. The highest BCUT2D eigenvalue weighted by Crippen LogP contribution is 2.29. The summed E-state index contributed by atoms with van der Waals surface area (Å²) in [5.74, 6) is 1.16. The van der Waals surface area contributed by atoms with E-state index < -0.39 is 0 Å². The highest BCUT2D eigenvalue weighted by atomic mass is 32.1. The van der Waals surface area contributed by atoms with Gasteiger partial charge in [0.05, 0.1) is 10.6 Å². The first kappa shape index (κ1) is 17.1. The van der Waals surface area contributed by atoms with E-state index in [-0.39, 0.29) is 5.41 Å². The van der Waals surface area contributed by atoms with Crippen LogP contribution in [0.15, 0.2) is 36.5 Å². The van der Waals surface area contributed by atoms with E-state index >= 15 is 0 Å². The first-order chi connectivity index (χ1) is 11.9. The smallest absolute Gasteiger partial charge is 0.181 e. The standard InChI is InChI=1S/C19H19N5S/c1-19(2,3)18-21-12-15(25-18)10-14(11-20)17-22-16(23-24(17)4)13-8-6-5-7-9-13/h5-10,12H,1-4H3. The van der Waals surface area contributed by atoms with Crippen molar-refractivity contribution in [1.29, 1.82) is 5.26 Å². The predicted octanol–water partition coefficient (Wildman–Crippen LogP) is 4.30. The fourth-order valence-electron chi connectivity index (χ4n) is 2.32. The third kappa shape index (κ3) is 3.67. The van der Waals surface area contributed by atoms with Gasteiger partial charge in [0.25, 0.3) is 0 Å². The Morgan fingerprint density at radius 2 is 1.96 bits per heavy atom. The van der Waals surface area contributed by atoms with Crippen molar-refractivity contribution in [2.24, 2.45) is 7.05 Å². The molecule has 0 bridgehead atoms. The predicted molar refractivity (Wildman–Crippen MR) is 101 cm³/mol. The molecule has 6 heteroatoms. The van der Waals surface area contributed by atoms with Gasteiger partial charge in [-0.1, -0.05) is 51.1 Å². The van der Waals surface area contributed by atoms with E-state index in [1.54, 1.807) is 29.3 Å². The third-order valence-electron chi connectivity index (χ3n) is 3.61. The van der Waals surface area contributed by atoms with E-state index in [1.165, 1.54) is 0 Å². The molecule has 0 saturated heterocycles. The number of benzene rings is 1. The lowest BCUT2D eigenvalue weighted by Gasteiger charge is -2.13. The van der Waals surface area contributed by atoms with Crippen molar-refractivity contribution in [3.8, 4) is 17.5 Å². The second-order valence-electron chi connectivity index (χ2n) is 6.74. The van der Waals surface area contributed by atoms with E-state index in [0.29, 0.717) is 17.2 Å². The van der Waals surface area contributed by atoms with Crippen molar-refractivity contribution in [2.75, 3.05) is 0 Å². The van der Waals surface area contributed by atoms with Crippen LogP contribution in [0, 0.1) is 11.3 Å². The van der Waals surface area contributed by atoms with Crippen molar-refractivity contribution in [2.45, 2.75) is 26.2 Å². The topological polar surface area (TPSA) is 67.4 Å². The van der Waals surface area contributed by atoms with Gasteiger partial charge in [-0.15, -0.1) is 11.3 Å². The molecule has 0 aliphatic rings. The average Bonchev–Trinajstić information content (AvgIpc) is 3.20. The van der Waals surface area contributed by atoms with Gasteiger partial charge in [-0.25, -0.2) is 14.6 Å². The Kier molecular flexibility index (Phi) is 4.51. The summed E-state index contributed by atoms with van der Waals surface area (Å²) in [6.07, 6.45) is 3.63. The molecule has 25 heavy (non-hydrogen) atoms. The first-order valence-electron chi connectivity index (χ1n) is 7.93.